The summed E-state index contributed by atoms with van der Waals surface area (Å²) in [6.07, 6.45) is 0.222. The van der Waals surface area contributed by atoms with Gasteiger partial charge in [0.2, 0.25) is 5.91 Å². The average molecular weight is 299 g/mol. The van der Waals surface area contributed by atoms with E-state index in [2.05, 4.69) is 10.6 Å². The molecule has 1 aromatic rings. The van der Waals surface area contributed by atoms with Gasteiger partial charge >= 0.3 is 12.0 Å². The number of carboxylic acid groups (broad SMARTS) is 1. The van der Waals surface area contributed by atoms with Crippen LogP contribution in [-0.4, -0.2) is 29.1 Å². The third-order valence-corrected chi connectivity index (χ3v) is 3.59. The lowest BCUT2D eigenvalue weighted by Crippen LogP contribution is -2.48. The number of carboxylic acids is 1. The fourth-order valence-corrected chi connectivity index (χ4v) is 2.48. The Morgan fingerprint density at radius 3 is 2.55 bits per heavy atom. The van der Waals surface area contributed by atoms with Gasteiger partial charge in [0.15, 0.2) is 0 Å². The first-order valence-corrected chi connectivity index (χ1v) is 6.93. The summed E-state index contributed by atoms with van der Waals surface area (Å²) >= 11 is 1.50. The molecule has 2 atom stereocenters. The van der Waals surface area contributed by atoms with Crippen LogP contribution in [0.4, 0.5) is 4.79 Å². The topological polar surface area (TPSA) is 122 Å². The number of carbonyl (C=O) groups excluding carboxylic acids is 2. The summed E-state index contributed by atoms with van der Waals surface area (Å²) in [7, 11) is 0. The molecule has 20 heavy (non-hydrogen) atoms. The molecule has 1 rings (SSSR count). The molecule has 0 fully saturated rings. The van der Waals surface area contributed by atoms with E-state index < -0.39 is 30.4 Å². The molecule has 7 nitrogen and oxygen atoms in total. The Kier molecular flexibility index (Phi) is 5.98. The van der Waals surface area contributed by atoms with Crippen molar-refractivity contribution in [1.29, 1.82) is 0 Å². The largest absolute Gasteiger partial charge is 0.480 e. The van der Waals surface area contributed by atoms with Crippen LogP contribution in [0.25, 0.3) is 0 Å². The molecule has 0 saturated heterocycles. The summed E-state index contributed by atoms with van der Waals surface area (Å²) in [5.74, 6) is -2.09. The van der Waals surface area contributed by atoms with Crippen molar-refractivity contribution in [3.63, 3.8) is 0 Å². The van der Waals surface area contributed by atoms with Crippen molar-refractivity contribution in [1.82, 2.24) is 10.6 Å². The second kappa shape index (κ2) is 7.49. The van der Waals surface area contributed by atoms with Gasteiger partial charge in [-0.2, -0.15) is 0 Å². The Bertz CT molecular complexity index is 475. The van der Waals surface area contributed by atoms with Gasteiger partial charge in [0.1, 0.15) is 6.04 Å². The Morgan fingerprint density at radius 2 is 2.10 bits per heavy atom. The summed E-state index contributed by atoms with van der Waals surface area (Å²) in [4.78, 5) is 34.4. The summed E-state index contributed by atoms with van der Waals surface area (Å²) in [6, 6.07) is 1.59. The zero-order chi connectivity index (χ0) is 15.1. The second-order valence-electron chi connectivity index (χ2n) is 4.16. The lowest BCUT2D eigenvalue weighted by Gasteiger charge is -2.18. The summed E-state index contributed by atoms with van der Waals surface area (Å²) in [5.41, 5.74) is 4.94. The molecule has 0 aromatic carbocycles. The van der Waals surface area contributed by atoms with Crippen molar-refractivity contribution in [2.75, 3.05) is 0 Å². The van der Waals surface area contributed by atoms with Gasteiger partial charge in [0, 0.05) is 4.88 Å². The van der Waals surface area contributed by atoms with Gasteiger partial charge in [-0.05, 0) is 17.9 Å². The van der Waals surface area contributed by atoms with Gasteiger partial charge in [-0.25, -0.2) is 9.59 Å². The minimum absolute atomic E-state index is 0.196. The lowest BCUT2D eigenvalue weighted by molar-refractivity contribution is -0.140. The van der Waals surface area contributed by atoms with Crippen LogP contribution in [0.3, 0.4) is 0 Å². The second-order valence-corrected chi connectivity index (χ2v) is 5.13. The normalized spacial score (nSPS) is 13.2. The number of primary amides is 1. The van der Waals surface area contributed by atoms with Crippen molar-refractivity contribution in [2.45, 2.75) is 31.8 Å². The van der Waals surface area contributed by atoms with Crippen LogP contribution in [0, 0.1) is 0 Å². The Labute approximate surface area is 120 Å². The molecular weight excluding hydrogens is 282 g/mol. The number of urea groups is 1. The van der Waals surface area contributed by atoms with E-state index in [-0.39, 0.29) is 6.04 Å². The van der Waals surface area contributed by atoms with Gasteiger partial charge in [0.05, 0.1) is 12.5 Å². The van der Waals surface area contributed by atoms with Crippen LogP contribution < -0.4 is 16.4 Å². The van der Waals surface area contributed by atoms with Crippen molar-refractivity contribution in [3.05, 3.63) is 22.4 Å². The predicted molar refractivity (Wildman–Crippen MR) is 74.3 cm³/mol. The highest BCUT2D eigenvalue weighted by Gasteiger charge is 2.23. The zero-order valence-corrected chi connectivity index (χ0v) is 11.8. The highest BCUT2D eigenvalue weighted by atomic mass is 32.1. The molecular formula is C12H17N3O4S. The Morgan fingerprint density at radius 1 is 1.40 bits per heavy atom. The van der Waals surface area contributed by atoms with Gasteiger partial charge in [-0.3, -0.25) is 4.79 Å². The van der Waals surface area contributed by atoms with Crippen molar-refractivity contribution in [3.8, 4) is 0 Å². The van der Waals surface area contributed by atoms with E-state index >= 15 is 0 Å². The molecule has 1 unspecified atom stereocenters. The fraction of sp³-hybridized carbons (Fsp3) is 0.417. The molecule has 0 aliphatic heterocycles. The van der Waals surface area contributed by atoms with E-state index in [1.165, 1.54) is 11.3 Å². The molecule has 0 aliphatic carbocycles. The maximum atomic E-state index is 11.8. The number of nitrogens with two attached hydrogens (primary N) is 1. The highest BCUT2D eigenvalue weighted by molar-refractivity contribution is 7.10. The lowest BCUT2D eigenvalue weighted by atomic mass is 10.2. The molecule has 0 saturated carbocycles. The molecule has 8 heteroatoms. The number of rotatable bonds is 7. The molecule has 1 heterocycles. The highest BCUT2D eigenvalue weighted by Crippen LogP contribution is 2.21. The standard InChI is InChI=1S/C12H17N3O4S/c1-2-7(9-4-3-5-20-9)14-12(19)15-8(11(17)18)6-10(13)16/h3-5,7-8H,2,6H2,1H3,(H2,13,16)(H,17,18)(H2,14,15,19)/t7?,8-/m1/s1. The van der Waals surface area contributed by atoms with E-state index in [9.17, 15) is 14.4 Å². The molecule has 0 radical (unpaired) electrons. The molecule has 110 valence electrons. The number of hydrogen-bond donors (Lipinski definition) is 4. The number of amides is 3. The van der Waals surface area contributed by atoms with Crippen LogP contribution in [0.5, 0.6) is 0 Å². The number of thiophene rings is 1. The van der Waals surface area contributed by atoms with E-state index in [1.54, 1.807) is 0 Å². The van der Waals surface area contributed by atoms with E-state index in [0.717, 1.165) is 4.88 Å². The van der Waals surface area contributed by atoms with Crippen molar-refractivity contribution in [2.24, 2.45) is 5.73 Å². The van der Waals surface area contributed by atoms with Crippen molar-refractivity contribution >= 4 is 29.2 Å². The van der Waals surface area contributed by atoms with Crippen molar-refractivity contribution < 1.29 is 19.5 Å². The van der Waals surface area contributed by atoms with E-state index in [0.29, 0.717) is 6.42 Å². The molecule has 0 spiro atoms. The molecule has 3 amide bonds. The van der Waals surface area contributed by atoms with Gasteiger partial charge in [-0.1, -0.05) is 13.0 Å². The summed E-state index contributed by atoms with van der Waals surface area (Å²) in [5, 5.41) is 15.7. The number of hydrogen-bond acceptors (Lipinski definition) is 4. The number of carbonyl (C=O) groups is 3. The predicted octanol–water partition coefficient (Wildman–Crippen LogP) is 0.827. The van der Waals surface area contributed by atoms with Gasteiger partial charge in [0.25, 0.3) is 0 Å². The molecule has 1 aromatic heterocycles. The van der Waals surface area contributed by atoms with Crippen LogP contribution in [-0.2, 0) is 9.59 Å². The summed E-state index contributed by atoms with van der Waals surface area (Å²) in [6.45, 7) is 1.91. The quantitative estimate of drug-likeness (QED) is 0.595. The SMILES string of the molecule is CCC(NC(=O)N[C@H](CC(N)=O)C(=O)O)c1cccs1. The average Bonchev–Trinajstić information content (AvgIpc) is 2.88. The van der Waals surface area contributed by atoms with E-state index in [4.69, 9.17) is 10.8 Å². The van der Waals surface area contributed by atoms with Crippen LogP contribution >= 0.6 is 11.3 Å². The molecule has 5 N–H and O–H groups in total. The number of aliphatic carboxylic acids is 1. The first-order chi connectivity index (χ1) is 9.43. The van der Waals surface area contributed by atoms with E-state index in [1.807, 2.05) is 24.4 Å². The first-order valence-electron chi connectivity index (χ1n) is 6.05. The van der Waals surface area contributed by atoms with Gasteiger partial charge in [-0.15, -0.1) is 11.3 Å². The fourth-order valence-electron chi connectivity index (χ4n) is 1.62. The van der Waals surface area contributed by atoms with Crippen LogP contribution in [0.2, 0.25) is 0 Å². The Balaban J connectivity index is 2.60. The van der Waals surface area contributed by atoms with Crippen LogP contribution in [0.15, 0.2) is 17.5 Å². The third kappa shape index (κ3) is 4.88. The maximum Gasteiger partial charge on any atom is 0.326 e. The van der Waals surface area contributed by atoms with Crippen LogP contribution in [0.1, 0.15) is 30.7 Å². The molecule has 0 aliphatic rings. The molecule has 0 bridgehead atoms. The third-order valence-electron chi connectivity index (χ3n) is 2.61. The monoisotopic (exact) mass is 299 g/mol. The zero-order valence-electron chi connectivity index (χ0n) is 11.0. The van der Waals surface area contributed by atoms with Gasteiger partial charge < -0.3 is 21.5 Å². The minimum Gasteiger partial charge on any atom is -0.480 e. The Hall–Kier alpha value is -2.09. The minimum atomic E-state index is -1.33. The summed E-state index contributed by atoms with van der Waals surface area (Å²) < 4.78 is 0. The first kappa shape index (κ1) is 16.0. The smallest absolute Gasteiger partial charge is 0.326 e. The maximum absolute atomic E-state index is 11.8. The number of nitrogens with one attached hydrogen (secondary N) is 2.